The predicted octanol–water partition coefficient (Wildman–Crippen LogP) is 4.57. The summed E-state index contributed by atoms with van der Waals surface area (Å²) in [6.07, 6.45) is 1.92. The van der Waals surface area contributed by atoms with Crippen LogP contribution >= 0.6 is 11.6 Å². The fraction of sp³-hybridized carbons (Fsp3) is 0.429. The van der Waals surface area contributed by atoms with Gasteiger partial charge in [-0.2, -0.15) is 8.78 Å². The number of rotatable bonds is 6. The van der Waals surface area contributed by atoms with Crippen molar-refractivity contribution in [1.82, 2.24) is 0 Å². The van der Waals surface area contributed by atoms with Gasteiger partial charge in [-0.3, -0.25) is 0 Å². The van der Waals surface area contributed by atoms with Crippen molar-refractivity contribution in [3.8, 4) is 11.5 Å². The Bertz CT molecular complexity index is 445. The van der Waals surface area contributed by atoms with Gasteiger partial charge in [0.2, 0.25) is 0 Å². The third-order valence-electron chi connectivity index (χ3n) is 2.65. The Hall–Kier alpha value is -1.29. The zero-order valence-corrected chi connectivity index (χ0v) is 11.9. The third kappa shape index (κ3) is 4.71. The van der Waals surface area contributed by atoms with Crippen LogP contribution in [0.1, 0.15) is 19.4 Å². The first-order valence-electron chi connectivity index (χ1n) is 5.87. The molecule has 0 aromatic heterocycles. The van der Waals surface area contributed by atoms with E-state index >= 15 is 0 Å². The smallest absolute Gasteiger partial charge is 0.387 e. The maximum Gasteiger partial charge on any atom is 0.387 e. The molecule has 0 bridgehead atoms. The number of halogens is 3. The molecule has 19 heavy (non-hydrogen) atoms. The monoisotopic (exact) mass is 290 g/mol. The van der Waals surface area contributed by atoms with Crippen LogP contribution in [0.2, 0.25) is 0 Å². The van der Waals surface area contributed by atoms with E-state index in [-0.39, 0.29) is 11.5 Å². The molecule has 0 fully saturated rings. The highest BCUT2D eigenvalue weighted by Gasteiger charge is 2.11. The van der Waals surface area contributed by atoms with Crippen molar-refractivity contribution in [2.45, 2.75) is 20.5 Å². The summed E-state index contributed by atoms with van der Waals surface area (Å²) in [5.41, 5.74) is 1.90. The maximum atomic E-state index is 12.2. The Balaban J connectivity index is 3.06. The third-order valence-corrected chi connectivity index (χ3v) is 2.96. The molecular weight excluding hydrogens is 274 g/mol. The molecule has 0 aliphatic heterocycles. The fourth-order valence-electron chi connectivity index (χ4n) is 1.54. The number of alkyl halides is 3. The first-order chi connectivity index (χ1) is 8.97. The van der Waals surface area contributed by atoms with Gasteiger partial charge < -0.3 is 9.47 Å². The molecule has 0 unspecified atom stereocenters. The van der Waals surface area contributed by atoms with Crippen molar-refractivity contribution in [2.75, 3.05) is 13.0 Å². The molecule has 0 heterocycles. The highest BCUT2D eigenvalue weighted by molar-refractivity contribution is 6.19. The highest BCUT2D eigenvalue weighted by atomic mass is 35.5. The molecule has 0 saturated heterocycles. The molecule has 0 aliphatic rings. The van der Waals surface area contributed by atoms with E-state index in [0.29, 0.717) is 11.8 Å². The number of methoxy groups -OCH3 is 1. The maximum absolute atomic E-state index is 12.2. The summed E-state index contributed by atoms with van der Waals surface area (Å²) < 4.78 is 33.8. The molecule has 0 atom stereocenters. The second-order valence-corrected chi connectivity index (χ2v) is 4.56. The Morgan fingerprint density at radius 3 is 2.47 bits per heavy atom. The van der Waals surface area contributed by atoms with Crippen molar-refractivity contribution >= 4 is 17.7 Å². The van der Waals surface area contributed by atoms with Crippen molar-refractivity contribution in [1.29, 1.82) is 0 Å². The Morgan fingerprint density at radius 1 is 1.32 bits per heavy atom. The summed E-state index contributed by atoms with van der Waals surface area (Å²) >= 11 is 5.86. The molecule has 1 aromatic carbocycles. The summed E-state index contributed by atoms with van der Waals surface area (Å²) in [6.45, 7) is 1.21. The molecule has 0 spiro atoms. The van der Waals surface area contributed by atoms with Gasteiger partial charge in [-0.05, 0) is 23.6 Å². The fourth-order valence-corrected chi connectivity index (χ4v) is 1.93. The van der Waals surface area contributed by atoms with E-state index in [4.69, 9.17) is 16.3 Å². The number of ether oxygens (including phenoxy) is 2. The van der Waals surface area contributed by atoms with Crippen LogP contribution in [0.4, 0.5) is 8.78 Å². The predicted molar refractivity (Wildman–Crippen MR) is 73.2 cm³/mol. The van der Waals surface area contributed by atoms with Crippen molar-refractivity contribution in [2.24, 2.45) is 5.92 Å². The lowest BCUT2D eigenvalue weighted by Crippen LogP contribution is -2.03. The first kappa shape index (κ1) is 15.8. The molecule has 0 N–H and O–H groups in total. The van der Waals surface area contributed by atoms with E-state index < -0.39 is 6.61 Å². The Kier molecular flexibility index (Phi) is 6.09. The van der Waals surface area contributed by atoms with Crippen LogP contribution in [-0.2, 0) is 0 Å². The van der Waals surface area contributed by atoms with Gasteiger partial charge in [0.1, 0.15) is 0 Å². The minimum absolute atomic E-state index is 0.0200. The van der Waals surface area contributed by atoms with Crippen LogP contribution in [0.15, 0.2) is 23.8 Å². The normalized spacial score (nSPS) is 12.1. The van der Waals surface area contributed by atoms with Gasteiger partial charge in [-0.25, -0.2) is 0 Å². The molecule has 1 rings (SSSR count). The zero-order chi connectivity index (χ0) is 14.4. The summed E-state index contributed by atoms with van der Waals surface area (Å²) in [5, 5.41) is 0. The lowest BCUT2D eigenvalue weighted by atomic mass is 10.0. The van der Waals surface area contributed by atoms with Crippen LogP contribution in [0.3, 0.4) is 0 Å². The standard InChI is InChI=1S/C14H17ClF2O2/c1-9(2)11(8-15)6-10-4-5-12(19-14(16)17)13(7-10)18-3/h4-7,9,14H,8H2,1-3H3. The van der Waals surface area contributed by atoms with Gasteiger partial charge in [0, 0.05) is 5.88 Å². The highest BCUT2D eigenvalue weighted by Crippen LogP contribution is 2.30. The first-order valence-corrected chi connectivity index (χ1v) is 6.40. The van der Waals surface area contributed by atoms with Gasteiger partial charge in [-0.15, -0.1) is 11.6 Å². The summed E-state index contributed by atoms with van der Waals surface area (Å²) in [7, 11) is 1.41. The van der Waals surface area contributed by atoms with Crippen molar-refractivity contribution < 1.29 is 18.3 Å². The zero-order valence-electron chi connectivity index (χ0n) is 11.1. The SMILES string of the molecule is COc1cc(C=C(CCl)C(C)C)ccc1OC(F)F. The molecule has 2 nitrogen and oxygen atoms in total. The van der Waals surface area contributed by atoms with Crippen LogP contribution in [0.25, 0.3) is 6.08 Å². The molecule has 0 amide bonds. The Morgan fingerprint density at radius 2 is 2.00 bits per heavy atom. The summed E-state index contributed by atoms with van der Waals surface area (Å²) in [6, 6.07) is 4.80. The summed E-state index contributed by atoms with van der Waals surface area (Å²) in [5.74, 6) is 1.04. The van der Waals surface area contributed by atoms with E-state index in [9.17, 15) is 8.78 Å². The van der Waals surface area contributed by atoms with E-state index in [0.717, 1.165) is 11.1 Å². The number of benzene rings is 1. The van der Waals surface area contributed by atoms with Gasteiger partial charge in [-0.1, -0.05) is 31.6 Å². The van der Waals surface area contributed by atoms with Crippen LogP contribution in [-0.4, -0.2) is 19.6 Å². The molecule has 106 valence electrons. The van der Waals surface area contributed by atoms with Gasteiger partial charge >= 0.3 is 6.61 Å². The quantitative estimate of drug-likeness (QED) is 0.714. The van der Waals surface area contributed by atoms with Gasteiger partial charge in [0.05, 0.1) is 7.11 Å². The summed E-state index contributed by atoms with van der Waals surface area (Å²) in [4.78, 5) is 0. The van der Waals surface area contributed by atoms with Crippen molar-refractivity contribution in [3.63, 3.8) is 0 Å². The minimum Gasteiger partial charge on any atom is -0.493 e. The Labute approximate surface area is 117 Å². The molecule has 0 aliphatic carbocycles. The molecule has 1 aromatic rings. The number of hydrogen-bond donors (Lipinski definition) is 0. The van der Waals surface area contributed by atoms with Crippen LogP contribution < -0.4 is 9.47 Å². The second-order valence-electron chi connectivity index (χ2n) is 4.30. The molecule has 0 radical (unpaired) electrons. The van der Waals surface area contributed by atoms with E-state index in [2.05, 4.69) is 4.74 Å². The largest absolute Gasteiger partial charge is 0.493 e. The molecule has 0 saturated carbocycles. The topological polar surface area (TPSA) is 18.5 Å². The van der Waals surface area contributed by atoms with E-state index in [1.807, 2.05) is 19.9 Å². The second kappa shape index (κ2) is 7.34. The van der Waals surface area contributed by atoms with Gasteiger partial charge in [0.15, 0.2) is 11.5 Å². The average molecular weight is 291 g/mol. The van der Waals surface area contributed by atoms with Gasteiger partial charge in [0.25, 0.3) is 0 Å². The molecular formula is C14H17ClF2O2. The molecule has 5 heteroatoms. The van der Waals surface area contributed by atoms with E-state index in [1.54, 1.807) is 12.1 Å². The van der Waals surface area contributed by atoms with E-state index in [1.165, 1.54) is 13.2 Å². The van der Waals surface area contributed by atoms with Crippen molar-refractivity contribution in [3.05, 3.63) is 29.3 Å². The van der Waals surface area contributed by atoms with Crippen LogP contribution in [0.5, 0.6) is 11.5 Å². The number of allylic oxidation sites excluding steroid dienone is 1. The average Bonchev–Trinajstić information content (AvgIpc) is 2.36. The lowest BCUT2D eigenvalue weighted by molar-refractivity contribution is -0.0512. The lowest BCUT2D eigenvalue weighted by Gasteiger charge is -2.12. The minimum atomic E-state index is -2.87. The van der Waals surface area contributed by atoms with Crippen LogP contribution in [0, 0.1) is 5.92 Å². The number of hydrogen-bond acceptors (Lipinski definition) is 2.